The molecule has 0 N–H and O–H groups in total. The zero-order valence-corrected chi connectivity index (χ0v) is 39.4. The average molecular weight is 845 g/mol. The van der Waals surface area contributed by atoms with Crippen molar-refractivity contribution in [3.8, 4) is 44.8 Å². The first-order valence-corrected chi connectivity index (χ1v) is 26.4. The lowest BCUT2D eigenvalue weighted by molar-refractivity contribution is 0.104. The summed E-state index contributed by atoms with van der Waals surface area (Å²) in [4.78, 5) is 15.4. The van der Waals surface area contributed by atoms with Crippen LogP contribution in [0, 0.1) is 25.7 Å². The van der Waals surface area contributed by atoms with Crippen molar-refractivity contribution in [3.63, 3.8) is 0 Å². The molecule has 63 heavy (non-hydrogen) atoms. The molecule has 0 saturated heterocycles. The van der Waals surface area contributed by atoms with Gasteiger partial charge in [0.2, 0.25) is 0 Å². The Morgan fingerprint density at radius 1 is 0.492 bits per heavy atom. The van der Waals surface area contributed by atoms with Crippen molar-refractivity contribution in [2.75, 3.05) is 0 Å². The fourth-order valence-corrected chi connectivity index (χ4v) is 18.1. The van der Waals surface area contributed by atoms with Crippen molar-refractivity contribution in [2.45, 2.75) is 105 Å². The second kappa shape index (κ2) is 18.2. The van der Waals surface area contributed by atoms with E-state index in [1.165, 1.54) is 116 Å². The van der Waals surface area contributed by atoms with Gasteiger partial charge in [0.15, 0.2) is 5.78 Å². The lowest BCUT2D eigenvalue weighted by Gasteiger charge is -2.43. The average Bonchev–Trinajstić information content (AvgIpc) is 3.81. The highest BCUT2D eigenvalue weighted by Gasteiger charge is 2.48. The highest BCUT2D eigenvalue weighted by atomic mass is 28.3. The van der Waals surface area contributed by atoms with Gasteiger partial charge in [-0.05, 0) is 106 Å². The molecule has 2 atom stereocenters. The number of fused-ring (bicyclic) bond motifs is 4. The molecular weight excluding hydrogens is 781 g/mol. The van der Waals surface area contributed by atoms with Crippen LogP contribution in [-0.4, -0.2) is 22.7 Å². The lowest BCUT2D eigenvalue weighted by Crippen LogP contribution is -2.65. The number of ketones is 1. The van der Waals surface area contributed by atoms with Crippen molar-refractivity contribution >= 4 is 35.3 Å². The van der Waals surface area contributed by atoms with Gasteiger partial charge in [0.25, 0.3) is 0 Å². The monoisotopic (exact) mass is 844 g/mol. The van der Waals surface area contributed by atoms with E-state index in [2.05, 4.69) is 196 Å². The molecular formula is C59H64N2OSi. The third-order valence-electron chi connectivity index (χ3n) is 14.8. The Morgan fingerprint density at radius 2 is 0.905 bits per heavy atom. The zero-order chi connectivity index (χ0) is 43.7. The fourth-order valence-electron chi connectivity index (χ4n) is 11.5. The van der Waals surface area contributed by atoms with Crippen LogP contribution in [-0.2, 0) is 0 Å². The van der Waals surface area contributed by atoms with E-state index < -0.39 is 8.07 Å². The van der Waals surface area contributed by atoms with Crippen LogP contribution in [0.3, 0.4) is 0 Å². The van der Waals surface area contributed by atoms with E-state index >= 15 is 4.79 Å². The van der Waals surface area contributed by atoms with Gasteiger partial charge in [0.1, 0.15) is 8.07 Å². The minimum absolute atomic E-state index is 0.184. The number of aromatic nitrogens is 2. The Labute approximate surface area is 376 Å². The zero-order valence-electron chi connectivity index (χ0n) is 38.4. The predicted octanol–water partition coefficient (Wildman–Crippen LogP) is 15.0. The first-order chi connectivity index (χ1) is 30.8. The van der Waals surface area contributed by atoms with Crippen molar-refractivity contribution in [1.29, 1.82) is 0 Å². The molecule has 2 unspecified atom stereocenters. The molecule has 0 radical (unpaired) electrons. The summed E-state index contributed by atoms with van der Waals surface area (Å²) in [6, 6.07) is 51.3. The number of aryl methyl sites for hydroxylation is 2. The standard InChI is InChI=1S/C59H64N2OSi/c1-7-11-23-43(9-3)39-63(40-44(10-4)24-12-8-2)53-37-47(57-55(45-25-15-13-16-26-45)41(5)51-29-19-21-35-60(51)57)31-33-49(53)59(62)50-34-32-48(38-54(50)63)58-56(46-27-17-14-18-28-46)42(6)52-30-20-22-36-61(52)58/h13-22,25-38,43-44H,7-12,23-24,39-40H2,1-6H3. The number of rotatable bonds is 16. The molecule has 4 heteroatoms. The molecule has 0 aliphatic carbocycles. The number of hydrogen-bond acceptors (Lipinski definition) is 1. The van der Waals surface area contributed by atoms with Gasteiger partial charge < -0.3 is 8.80 Å². The topological polar surface area (TPSA) is 25.9 Å². The Morgan fingerprint density at radius 3 is 1.30 bits per heavy atom. The molecule has 5 heterocycles. The molecule has 4 aromatic heterocycles. The largest absolute Gasteiger partial charge is 0.316 e. The molecule has 1 aliphatic rings. The molecule has 0 fully saturated rings. The van der Waals surface area contributed by atoms with Crippen molar-refractivity contribution < 1.29 is 4.79 Å². The smallest absolute Gasteiger partial charge is 0.192 e. The SMILES string of the molecule is CCCCC(CC)C[Si]1(CC(CC)CCCC)c2cc(-c3c(-c4ccccc4)c(C)c4ccccn34)ccc2C(=O)c2ccc(-c3c(-c4ccccc4)c(C)c4ccccn34)cc21. The first kappa shape index (κ1) is 42.6. The summed E-state index contributed by atoms with van der Waals surface area (Å²) >= 11 is 0. The van der Waals surface area contributed by atoms with Gasteiger partial charge in [-0.25, -0.2) is 0 Å². The molecule has 9 rings (SSSR count). The number of pyridine rings is 2. The summed E-state index contributed by atoms with van der Waals surface area (Å²) in [5.74, 6) is 1.34. The van der Waals surface area contributed by atoms with Crippen LogP contribution in [0.5, 0.6) is 0 Å². The predicted molar refractivity (Wildman–Crippen MR) is 271 cm³/mol. The maximum absolute atomic E-state index is 15.4. The number of benzene rings is 4. The molecule has 0 saturated carbocycles. The van der Waals surface area contributed by atoms with Gasteiger partial charge in [-0.15, -0.1) is 0 Å². The maximum Gasteiger partial charge on any atom is 0.192 e. The molecule has 0 spiro atoms. The van der Waals surface area contributed by atoms with Gasteiger partial charge in [0, 0.05) is 45.7 Å². The Bertz CT molecular complexity index is 2700. The van der Waals surface area contributed by atoms with Crippen molar-refractivity contribution in [2.24, 2.45) is 11.8 Å². The number of carbonyl (C=O) groups excluding carboxylic acids is 1. The lowest BCUT2D eigenvalue weighted by atomic mass is 9.94. The second-order valence-corrected chi connectivity index (χ2v) is 22.6. The molecule has 320 valence electrons. The molecule has 8 aromatic rings. The van der Waals surface area contributed by atoms with E-state index in [1.807, 2.05) is 0 Å². The minimum Gasteiger partial charge on any atom is -0.316 e. The van der Waals surface area contributed by atoms with E-state index in [0.717, 1.165) is 36.1 Å². The Hall–Kier alpha value is -5.71. The Kier molecular flexibility index (Phi) is 12.3. The van der Waals surface area contributed by atoms with Gasteiger partial charge in [-0.2, -0.15) is 0 Å². The second-order valence-electron chi connectivity index (χ2n) is 18.5. The molecule has 0 amide bonds. The van der Waals surface area contributed by atoms with Crippen LogP contribution in [0.1, 0.15) is 106 Å². The number of carbonyl (C=O) groups is 1. The maximum atomic E-state index is 15.4. The van der Waals surface area contributed by atoms with E-state index in [1.54, 1.807) is 0 Å². The minimum atomic E-state index is -2.72. The van der Waals surface area contributed by atoms with E-state index in [0.29, 0.717) is 11.8 Å². The van der Waals surface area contributed by atoms with Crippen LogP contribution in [0.25, 0.3) is 55.8 Å². The molecule has 1 aliphatic heterocycles. The third kappa shape index (κ3) is 7.54. The van der Waals surface area contributed by atoms with Gasteiger partial charge >= 0.3 is 0 Å². The van der Waals surface area contributed by atoms with Crippen LogP contribution in [0.15, 0.2) is 146 Å². The first-order valence-electron chi connectivity index (χ1n) is 24.0. The summed E-state index contributed by atoms with van der Waals surface area (Å²) in [5, 5.41) is 2.73. The summed E-state index contributed by atoms with van der Waals surface area (Å²) in [5.41, 5.74) is 16.7. The Balaban J connectivity index is 1.36. The highest BCUT2D eigenvalue weighted by molar-refractivity contribution is 7.04. The highest BCUT2D eigenvalue weighted by Crippen LogP contribution is 2.44. The van der Waals surface area contributed by atoms with Crippen molar-refractivity contribution in [1.82, 2.24) is 8.80 Å². The van der Waals surface area contributed by atoms with Crippen LogP contribution < -0.4 is 10.4 Å². The number of unbranched alkanes of at least 4 members (excludes halogenated alkanes) is 2. The van der Waals surface area contributed by atoms with Gasteiger partial charge in [-0.3, -0.25) is 4.79 Å². The van der Waals surface area contributed by atoms with Crippen LogP contribution in [0.2, 0.25) is 12.1 Å². The number of hydrogen-bond donors (Lipinski definition) is 0. The summed E-state index contributed by atoms with van der Waals surface area (Å²) in [6.07, 6.45) is 14.1. The summed E-state index contributed by atoms with van der Waals surface area (Å²) < 4.78 is 4.80. The van der Waals surface area contributed by atoms with Crippen LogP contribution >= 0.6 is 0 Å². The molecule has 3 nitrogen and oxygen atoms in total. The van der Waals surface area contributed by atoms with Crippen LogP contribution in [0.4, 0.5) is 0 Å². The van der Waals surface area contributed by atoms with Gasteiger partial charge in [0.05, 0.1) is 11.4 Å². The molecule has 4 aromatic carbocycles. The van der Waals surface area contributed by atoms with E-state index in [-0.39, 0.29) is 5.78 Å². The summed E-state index contributed by atoms with van der Waals surface area (Å²) in [6.45, 7) is 14.1. The normalized spacial score (nSPS) is 14.2. The van der Waals surface area contributed by atoms with E-state index in [4.69, 9.17) is 0 Å². The number of nitrogens with zero attached hydrogens (tertiary/aromatic N) is 2. The fraction of sp³-hybridized carbons (Fsp3) is 0.305. The van der Waals surface area contributed by atoms with Gasteiger partial charge in [-0.1, -0.05) is 188 Å². The quantitative estimate of drug-likeness (QED) is 0.0890. The van der Waals surface area contributed by atoms with Crippen molar-refractivity contribution in [3.05, 3.63) is 168 Å². The third-order valence-corrected chi connectivity index (χ3v) is 20.2. The molecule has 0 bridgehead atoms. The summed E-state index contributed by atoms with van der Waals surface area (Å²) in [7, 11) is -2.72. The van der Waals surface area contributed by atoms with E-state index in [9.17, 15) is 0 Å².